The van der Waals surface area contributed by atoms with Crippen molar-refractivity contribution < 1.29 is 4.79 Å². The molecule has 0 saturated carbocycles. The minimum Gasteiger partial charge on any atom is -0.356 e. The van der Waals surface area contributed by atoms with Gasteiger partial charge in [-0.05, 0) is 25.5 Å². The zero-order chi connectivity index (χ0) is 14.5. The number of para-hydroxylation sites is 2. The molecule has 1 heterocycles. The van der Waals surface area contributed by atoms with Crippen molar-refractivity contribution in [3.05, 3.63) is 30.6 Å². The number of carbonyl (C=O) groups is 1. The van der Waals surface area contributed by atoms with Crippen molar-refractivity contribution in [2.45, 2.75) is 32.9 Å². The minimum atomic E-state index is -0.149. The maximum absolute atomic E-state index is 11.7. The molecule has 1 aromatic carbocycles. The SMILES string of the molecule is CC(N)C(C)C(=O)NCCCn1cnc2ccccc21.Cl.Cl. The van der Waals surface area contributed by atoms with E-state index in [2.05, 4.69) is 20.9 Å². The van der Waals surface area contributed by atoms with Crippen LogP contribution in [0.5, 0.6) is 0 Å². The molecule has 2 aromatic rings. The van der Waals surface area contributed by atoms with Crippen molar-refractivity contribution in [2.24, 2.45) is 11.7 Å². The van der Waals surface area contributed by atoms with Gasteiger partial charge in [0.15, 0.2) is 0 Å². The first-order chi connectivity index (χ1) is 9.59. The lowest BCUT2D eigenvalue weighted by Gasteiger charge is -2.15. The number of nitrogens with zero attached hydrogens (tertiary/aromatic N) is 2. The number of imidazole rings is 1. The first kappa shape index (κ1) is 20.7. The number of nitrogens with one attached hydrogen (secondary N) is 1. The summed E-state index contributed by atoms with van der Waals surface area (Å²) >= 11 is 0. The number of fused-ring (bicyclic) bond motifs is 1. The van der Waals surface area contributed by atoms with Gasteiger partial charge in [0, 0.05) is 25.0 Å². The number of hydrogen-bond donors (Lipinski definition) is 2. The summed E-state index contributed by atoms with van der Waals surface area (Å²) in [6.45, 7) is 5.20. The predicted octanol–water partition coefficient (Wildman–Crippen LogP) is 2.37. The maximum atomic E-state index is 11.7. The Morgan fingerprint density at radius 3 is 2.68 bits per heavy atom. The van der Waals surface area contributed by atoms with Crippen molar-refractivity contribution in [1.82, 2.24) is 14.9 Å². The smallest absolute Gasteiger partial charge is 0.224 e. The molecule has 0 saturated heterocycles. The quantitative estimate of drug-likeness (QED) is 0.788. The van der Waals surface area contributed by atoms with Gasteiger partial charge in [0.2, 0.25) is 5.91 Å². The van der Waals surface area contributed by atoms with Gasteiger partial charge in [-0.1, -0.05) is 19.1 Å². The Kier molecular flexibility index (Phi) is 9.09. The highest BCUT2D eigenvalue weighted by Crippen LogP contribution is 2.11. The highest BCUT2D eigenvalue weighted by molar-refractivity contribution is 5.85. The van der Waals surface area contributed by atoms with Crippen LogP contribution < -0.4 is 11.1 Å². The summed E-state index contributed by atoms with van der Waals surface area (Å²) in [4.78, 5) is 16.1. The Labute approximate surface area is 143 Å². The molecule has 2 rings (SSSR count). The molecule has 1 aromatic heterocycles. The van der Waals surface area contributed by atoms with Crippen LogP contribution in [0.3, 0.4) is 0 Å². The lowest BCUT2D eigenvalue weighted by Crippen LogP contribution is -2.39. The summed E-state index contributed by atoms with van der Waals surface area (Å²) in [5, 5.41) is 2.92. The largest absolute Gasteiger partial charge is 0.356 e. The third-order valence-corrected chi connectivity index (χ3v) is 3.60. The number of aromatic nitrogens is 2. The second kappa shape index (κ2) is 9.66. The van der Waals surface area contributed by atoms with Crippen LogP contribution >= 0.6 is 24.8 Å². The minimum absolute atomic E-state index is 0. The van der Waals surface area contributed by atoms with E-state index in [9.17, 15) is 4.79 Å². The fourth-order valence-electron chi connectivity index (χ4n) is 2.05. The number of aryl methyl sites for hydroxylation is 1. The van der Waals surface area contributed by atoms with E-state index >= 15 is 0 Å². The number of benzene rings is 1. The number of halogens is 2. The maximum Gasteiger partial charge on any atom is 0.224 e. The molecule has 2 unspecified atom stereocenters. The van der Waals surface area contributed by atoms with Gasteiger partial charge in [-0.15, -0.1) is 24.8 Å². The summed E-state index contributed by atoms with van der Waals surface area (Å²) in [5.74, 6) is -0.125. The summed E-state index contributed by atoms with van der Waals surface area (Å²) in [6.07, 6.45) is 2.72. The van der Waals surface area contributed by atoms with Gasteiger partial charge < -0.3 is 15.6 Å². The van der Waals surface area contributed by atoms with Gasteiger partial charge in [-0.3, -0.25) is 4.79 Å². The van der Waals surface area contributed by atoms with Crippen LogP contribution in [0, 0.1) is 5.92 Å². The topological polar surface area (TPSA) is 72.9 Å². The van der Waals surface area contributed by atoms with Gasteiger partial charge in [0.1, 0.15) is 0 Å². The average Bonchev–Trinajstić information content (AvgIpc) is 2.85. The number of hydrogen-bond acceptors (Lipinski definition) is 3. The molecule has 0 spiro atoms. The van der Waals surface area contributed by atoms with Gasteiger partial charge in [0.05, 0.1) is 17.4 Å². The van der Waals surface area contributed by atoms with E-state index in [-0.39, 0.29) is 42.7 Å². The molecule has 0 aliphatic rings. The van der Waals surface area contributed by atoms with Crippen molar-refractivity contribution in [2.75, 3.05) is 6.54 Å². The molecule has 22 heavy (non-hydrogen) atoms. The monoisotopic (exact) mass is 346 g/mol. The van der Waals surface area contributed by atoms with Crippen molar-refractivity contribution in [3.8, 4) is 0 Å². The zero-order valence-electron chi connectivity index (χ0n) is 12.9. The van der Waals surface area contributed by atoms with Crippen LogP contribution in [-0.2, 0) is 11.3 Å². The zero-order valence-corrected chi connectivity index (χ0v) is 14.5. The highest BCUT2D eigenvalue weighted by Gasteiger charge is 2.15. The van der Waals surface area contributed by atoms with Crippen molar-refractivity contribution in [1.29, 1.82) is 0 Å². The summed E-state index contributed by atoms with van der Waals surface area (Å²) < 4.78 is 2.11. The summed E-state index contributed by atoms with van der Waals surface area (Å²) in [6, 6.07) is 7.92. The predicted molar refractivity (Wildman–Crippen MR) is 94.7 cm³/mol. The molecule has 0 bridgehead atoms. The number of nitrogens with two attached hydrogens (primary N) is 1. The van der Waals surface area contributed by atoms with E-state index in [1.54, 1.807) is 0 Å². The first-order valence-corrected chi connectivity index (χ1v) is 7.02. The molecule has 7 heteroatoms. The molecule has 2 atom stereocenters. The Hall–Kier alpha value is -1.30. The molecule has 0 aliphatic carbocycles. The molecule has 0 fully saturated rings. The van der Waals surface area contributed by atoms with E-state index in [0.717, 1.165) is 24.0 Å². The van der Waals surface area contributed by atoms with Gasteiger partial charge >= 0.3 is 0 Å². The van der Waals surface area contributed by atoms with Crippen LogP contribution in [0.1, 0.15) is 20.3 Å². The fraction of sp³-hybridized carbons (Fsp3) is 0.467. The van der Waals surface area contributed by atoms with Gasteiger partial charge in [-0.2, -0.15) is 0 Å². The number of carbonyl (C=O) groups excluding carboxylic acids is 1. The highest BCUT2D eigenvalue weighted by atomic mass is 35.5. The van der Waals surface area contributed by atoms with Gasteiger partial charge in [0.25, 0.3) is 0 Å². The van der Waals surface area contributed by atoms with Crippen molar-refractivity contribution >= 4 is 41.8 Å². The standard InChI is InChI=1S/C15H22N4O.2ClH/c1-11(12(2)16)15(20)17-8-5-9-19-10-18-13-6-3-4-7-14(13)19;;/h3-4,6-7,10-12H,5,8-9,16H2,1-2H3,(H,17,20);2*1H. The third kappa shape index (κ3) is 5.16. The van der Waals surface area contributed by atoms with Crippen LogP contribution in [0.2, 0.25) is 0 Å². The molecule has 124 valence electrons. The Morgan fingerprint density at radius 2 is 2.00 bits per heavy atom. The summed E-state index contributed by atoms with van der Waals surface area (Å²) in [7, 11) is 0. The van der Waals surface area contributed by atoms with E-state index in [4.69, 9.17) is 5.73 Å². The molecule has 0 aliphatic heterocycles. The lowest BCUT2D eigenvalue weighted by atomic mass is 10.0. The third-order valence-electron chi connectivity index (χ3n) is 3.60. The molecular formula is C15H24Cl2N4O. The second-order valence-corrected chi connectivity index (χ2v) is 5.22. The van der Waals surface area contributed by atoms with Crippen molar-refractivity contribution in [3.63, 3.8) is 0 Å². The average molecular weight is 347 g/mol. The van der Waals surface area contributed by atoms with Gasteiger partial charge in [-0.25, -0.2) is 4.98 Å². The molecule has 1 amide bonds. The van der Waals surface area contributed by atoms with Crippen LogP contribution in [0.15, 0.2) is 30.6 Å². The molecule has 0 radical (unpaired) electrons. The van der Waals surface area contributed by atoms with E-state index in [1.807, 2.05) is 38.4 Å². The van der Waals surface area contributed by atoms with Crippen LogP contribution in [0.25, 0.3) is 11.0 Å². The number of amides is 1. The van der Waals surface area contributed by atoms with E-state index in [1.165, 1.54) is 0 Å². The number of rotatable bonds is 6. The Bertz CT molecular complexity index is 586. The van der Waals surface area contributed by atoms with E-state index < -0.39 is 0 Å². The molecule has 5 nitrogen and oxygen atoms in total. The normalized spacial score (nSPS) is 12.9. The molecular weight excluding hydrogens is 323 g/mol. The molecule has 3 N–H and O–H groups in total. The van der Waals surface area contributed by atoms with E-state index in [0.29, 0.717) is 6.54 Å². The van der Waals surface area contributed by atoms with Crippen LogP contribution in [-0.4, -0.2) is 28.0 Å². The van der Waals surface area contributed by atoms with Crippen LogP contribution in [0.4, 0.5) is 0 Å². The first-order valence-electron chi connectivity index (χ1n) is 7.02. The lowest BCUT2D eigenvalue weighted by molar-refractivity contribution is -0.124. The fourth-order valence-corrected chi connectivity index (χ4v) is 2.05. The Balaban J connectivity index is 0.00000220. The Morgan fingerprint density at radius 1 is 1.32 bits per heavy atom. The summed E-state index contributed by atoms with van der Waals surface area (Å²) in [5.41, 5.74) is 7.84. The second-order valence-electron chi connectivity index (χ2n) is 5.22.